The summed E-state index contributed by atoms with van der Waals surface area (Å²) >= 11 is 9.33. The van der Waals surface area contributed by atoms with Gasteiger partial charge in [0, 0.05) is 4.47 Å². The summed E-state index contributed by atoms with van der Waals surface area (Å²) in [6.07, 6.45) is 1.94. The Balaban J connectivity index is 2.05. The zero-order valence-corrected chi connectivity index (χ0v) is 10.9. The molecule has 1 atom stereocenters. The van der Waals surface area contributed by atoms with Gasteiger partial charge in [0.25, 0.3) is 0 Å². The summed E-state index contributed by atoms with van der Waals surface area (Å²) in [6.45, 7) is 0.909. The summed E-state index contributed by atoms with van der Waals surface area (Å²) < 4.78 is 0.898. The van der Waals surface area contributed by atoms with Crippen molar-refractivity contribution in [2.45, 2.75) is 18.9 Å². The van der Waals surface area contributed by atoms with Crippen molar-refractivity contribution in [3.8, 4) is 0 Å². The van der Waals surface area contributed by atoms with Crippen molar-refractivity contribution in [2.75, 3.05) is 11.9 Å². The summed E-state index contributed by atoms with van der Waals surface area (Å²) in [5.74, 6) is -0.0123. The van der Waals surface area contributed by atoms with Crippen LogP contribution < -0.4 is 10.6 Å². The van der Waals surface area contributed by atoms with E-state index in [0.717, 1.165) is 23.9 Å². The Morgan fingerprint density at radius 2 is 2.38 bits per heavy atom. The molecule has 2 rings (SSSR count). The molecule has 1 aromatic rings. The number of hydrogen-bond donors (Lipinski definition) is 2. The maximum atomic E-state index is 11.8. The van der Waals surface area contributed by atoms with E-state index < -0.39 is 0 Å². The molecule has 0 bridgehead atoms. The summed E-state index contributed by atoms with van der Waals surface area (Å²) in [7, 11) is 0. The molecule has 0 spiro atoms. The Bertz CT molecular complexity index is 405. The Morgan fingerprint density at radius 1 is 1.56 bits per heavy atom. The second-order valence-electron chi connectivity index (χ2n) is 3.76. The van der Waals surface area contributed by atoms with Gasteiger partial charge in [0.15, 0.2) is 0 Å². The topological polar surface area (TPSA) is 41.1 Å². The Hall–Kier alpha value is -0.580. The van der Waals surface area contributed by atoms with Gasteiger partial charge in [-0.05, 0) is 37.6 Å². The van der Waals surface area contributed by atoms with Crippen molar-refractivity contribution >= 4 is 39.1 Å². The zero-order valence-electron chi connectivity index (χ0n) is 8.59. The summed E-state index contributed by atoms with van der Waals surface area (Å²) in [6, 6.07) is 5.32. The van der Waals surface area contributed by atoms with E-state index in [1.165, 1.54) is 0 Å². The molecule has 1 heterocycles. The molecule has 1 saturated heterocycles. The number of amides is 1. The fourth-order valence-corrected chi connectivity index (χ4v) is 2.44. The van der Waals surface area contributed by atoms with E-state index in [-0.39, 0.29) is 11.9 Å². The molecular formula is C11H12BrClN2O. The van der Waals surface area contributed by atoms with E-state index in [1.807, 2.05) is 6.07 Å². The smallest absolute Gasteiger partial charge is 0.241 e. The van der Waals surface area contributed by atoms with Gasteiger partial charge in [0.1, 0.15) is 0 Å². The van der Waals surface area contributed by atoms with Crippen molar-refractivity contribution in [1.82, 2.24) is 5.32 Å². The average Bonchev–Trinajstić information content (AvgIpc) is 2.75. The molecule has 0 unspecified atom stereocenters. The van der Waals surface area contributed by atoms with Crippen LogP contribution in [0.15, 0.2) is 22.7 Å². The molecule has 1 aromatic carbocycles. The lowest BCUT2D eigenvalue weighted by Gasteiger charge is -2.12. The highest BCUT2D eigenvalue weighted by molar-refractivity contribution is 9.10. The van der Waals surface area contributed by atoms with E-state index in [2.05, 4.69) is 26.6 Å². The first-order valence-electron chi connectivity index (χ1n) is 5.16. The normalized spacial score (nSPS) is 19.8. The van der Waals surface area contributed by atoms with Gasteiger partial charge in [-0.3, -0.25) is 4.79 Å². The highest BCUT2D eigenvalue weighted by Gasteiger charge is 2.22. The van der Waals surface area contributed by atoms with Crippen LogP contribution in [0.1, 0.15) is 12.8 Å². The van der Waals surface area contributed by atoms with Crippen LogP contribution in [0.2, 0.25) is 5.02 Å². The lowest BCUT2D eigenvalue weighted by atomic mass is 10.2. The van der Waals surface area contributed by atoms with Crippen LogP contribution in [-0.2, 0) is 4.79 Å². The molecule has 1 aliphatic rings. The molecule has 1 aliphatic heterocycles. The second kappa shape index (κ2) is 5.17. The van der Waals surface area contributed by atoms with Crippen molar-refractivity contribution < 1.29 is 4.79 Å². The van der Waals surface area contributed by atoms with Crippen LogP contribution in [0, 0.1) is 0 Å². The highest BCUT2D eigenvalue weighted by atomic mass is 79.9. The molecule has 2 N–H and O–H groups in total. The van der Waals surface area contributed by atoms with E-state index >= 15 is 0 Å². The minimum atomic E-state index is -0.0836. The van der Waals surface area contributed by atoms with Crippen LogP contribution in [-0.4, -0.2) is 18.5 Å². The molecule has 0 saturated carbocycles. The van der Waals surface area contributed by atoms with Crippen LogP contribution in [0.5, 0.6) is 0 Å². The van der Waals surface area contributed by atoms with Crippen molar-refractivity contribution in [3.63, 3.8) is 0 Å². The number of halogens is 2. The molecule has 1 fully saturated rings. The number of carbonyl (C=O) groups excluding carboxylic acids is 1. The third-order valence-corrected chi connectivity index (χ3v) is 3.37. The summed E-state index contributed by atoms with van der Waals surface area (Å²) in [5.41, 5.74) is 0.656. The molecule has 1 amide bonds. The number of rotatable bonds is 2. The zero-order chi connectivity index (χ0) is 11.5. The molecule has 3 nitrogen and oxygen atoms in total. The van der Waals surface area contributed by atoms with E-state index in [4.69, 9.17) is 11.6 Å². The largest absolute Gasteiger partial charge is 0.323 e. The van der Waals surface area contributed by atoms with E-state index in [1.54, 1.807) is 12.1 Å². The molecule has 0 aliphatic carbocycles. The first-order chi connectivity index (χ1) is 7.66. The van der Waals surface area contributed by atoms with E-state index in [0.29, 0.717) is 10.7 Å². The van der Waals surface area contributed by atoms with Gasteiger partial charge in [-0.15, -0.1) is 0 Å². The second-order valence-corrected chi connectivity index (χ2v) is 5.09. The third-order valence-electron chi connectivity index (χ3n) is 2.57. The van der Waals surface area contributed by atoms with Crippen LogP contribution in [0.25, 0.3) is 0 Å². The molecule has 86 valence electrons. The van der Waals surface area contributed by atoms with Crippen LogP contribution >= 0.6 is 27.5 Å². The minimum Gasteiger partial charge on any atom is -0.323 e. The molecule has 0 radical (unpaired) electrons. The Kier molecular flexibility index (Phi) is 3.84. The lowest BCUT2D eigenvalue weighted by molar-refractivity contribution is -0.117. The Morgan fingerprint density at radius 3 is 3.00 bits per heavy atom. The van der Waals surface area contributed by atoms with Gasteiger partial charge >= 0.3 is 0 Å². The number of benzene rings is 1. The van der Waals surface area contributed by atoms with Gasteiger partial charge in [0.05, 0.1) is 16.8 Å². The third kappa shape index (κ3) is 2.75. The predicted octanol–water partition coefficient (Wildman–Crippen LogP) is 2.79. The maximum absolute atomic E-state index is 11.8. The van der Waals surface area contributed by atoms with Gasteiger partial charge in [0.2, 0.25) is 5.91 Å². The minimum absolute atomic E-state index is 0.0123. The summed E-state index contributed by atoms with van der Waals surface area (Å²) in [4.78, 5) is 11.8. The summed E-state index contributed by atoms with van der Waals surface area (Å²) in [5, 5.41) is 6.51. The Labute approximate surface area is 108 Å². The van der Waals surface area contributed by atoms with Crippen LogP contribution in [0.4, 0.5) is 5.69 Å². The standard InChI is InChI=1S/C11H12BrClN2O/c12-7-3-4-9(8(13)6-7)15-11(16)10-2-1-5-14-10/h3-4,6,10,14H,1-2,5H2,(H,15,16)/t10-/m1/s1. The van der Waals surface area contributed by atoms with E-state index in [9.17, 15) is 4.79 Å². The van der Waals surface area contributed by atoms with Gasteiger partial charge in [-0.1, -0.05) is 27.5 Å². The maximum Gasteiger partial charge on any atom is 0.241 e. The molecular weight excluding hydrogens is 291 g/mol. The van der Waals surface area contributed by atoms with Crippen LogP contribution in [0.3, 0.4) is 0 Å². The van der Waals surface area contributed by atoms with Gasteiger partial charge in [-0.25, -0.2) is 0 Å². The monoisotopic (exact) mass is 302 g/mol. The number of anilines is 1. The van der Waals surface area contributed by atoms with Crippen molar-refractivity contribution in [3.05, 3.63) is 27.7 Å². The van der Waals surface area contributed by atoms with Gasteiger partial charge in [-0.2, -0.15) is 0 Å². The highest BCUT2D eigenvalue weighted by Crippen LogP contribution is 2.26. The lowest BCUT2D eigenvalue weighted by Crippen LogP contribution is -2.35. The predicted molar refractivity (Wildman–Crippen MR) is 68.8 cm³/mol. The fraction of sp³-hybridized carbons (Fsp3) is 0.364. The first-order valence-corrected chi connectivity index (χ1v) is 6.33. The number of hydrogen-bond acceptors (Lipinski definition) is 2. The van der Waals surface area contributed by atoms with Crippen molar-refractivity contribution in [2.24, 2.45) is 0 Å². The fourth-order valence-electron chi connectivity index (χ4n) is 1.72. The quantitative estimate of drug-likeness (QED) is 0.882. The number of nitrogens with one attached hydrogen (secondary N) is 2. The molecule has 16 heavy (non-hydrogen) atoms. The SMILES string of the molecule is O=C(Nc1ccc(Br)cc1Cl)[C@H]1CCCN1. The number of carbonyl (C=O) groups is 1. The molecule has 0 aromatic heterocycles. The first kappa shape index (κ1) is 11.9. The van der Waals surface area contributed by atoms with Gasteiger partial charge < -0.3 is 10.6 Å². The van der Waals surface area contributed by atoms with Crippen molar-refractivity contribution in [1.29, 1.82) is 0 Å². The molecule has 5 heteroatoms. The average molecular weight is 304 g/mol.